The number of pyridine rings is 1. The summed E-state index contributed by atoms with van der Waals surface area (Å²) in [5.41, 5.74) is 6.88. The summed E-state index contributed by atoms with van der Waals surface area (Å²) >= 11 is 0. The van der Waals surface area contributed by atoms with Crippen LogP contribution in [0.2, 0.25) is 0 Å². The number of hydrogen-bond acceptors (Lipinski definition) is 7. The fraction of sp³-hybridized carbons (Fsp3) is 0.375. The van der Waals surface area contributed by atoms with Crippen molar-refractivity contribution >= 4 is 28.5 Å². The zero-order valence-electron chi connectivity index (χ0n) is 18.9. The molecule has 1 aliphatic heterocycles. The molecule has 9 nitrogen and oxygen atoms in total. The topological polar surface area (TPSA) is 117 Å². The van der Waals surface area contributed by atoms with Crippen molar-refractivity contribution in [2.45, 2.75) is 26.4 Å². The van der Waals surface area contributed by atoms with E-state index in [9.17, 15) is 9.59 Å². The number of para-hydroxylation sites is 1. The Balaban J connectivity index is 1.48. The number of nitrogens with two attached hydrogens (primary N) is 1. The van der Waals surface area contributed by atoms with E-state index in [1.165, 1.54) is 0 Å². The van der Waals surface area contributed by atoms with Gasteiger partial charge in [0, 0.05) is 37.8 Å². The first-order valence-corrected chi connectivity index (χ1v) is 11.2. The van der Waals surface area contributed by atoms with Crippen LogP contribution in [0, 0.1) is 5.92 Å². The van der Waals surface area contributed by atoms with Crippen LogP contribution >= 0.6 is 0 Å². The largest absolute Gasteiger partial charge is 0.368 e. The van der Waals surface area contributed by atoms with Gasteiger partial charge in [0.15, 0.2) is 0 Å². The second-order valence-electron chi connectivity index (χ2n) is 8.56. The summed E-state index contributed by atoms with van der Waals surface area (Å²) in [6.07, 6.45) is 1.63. The lowest BCUT2D eigenvalue weighted by Crippen LogP contribution is -2.48. The van der Waals surface area contributed by atoms with Crippen LogP contribution in [0.25, 0.3) is 10.9 Å². The highest BCUT2D eigenvalue weighted by Gasteiger charge is 2.25. The molecule has 3 aromatic rings. The Kier molecular flexibility index (Phi) is 6.79. The first kappa shape index (κ1) is 22.6. The number of anilines is 1. The Labute approximate surface area is 193 Å². The number of primary amides is 1. The maximum absolute atomic E-state index is 12.6. The number of piperazine rings is 1. The minimum Gasteiger partial charge on any atom is -0.368 e. The van der Waals surface area contributed by atoms with Crippen LogP contribution < -0.4 is 11.1 Å². The molecule has 0 unspecified atom stereocenters. The molecule has 0 spiro atoms. The van der Waals surface area contributed by atoms with Gasteiger partial charge in [-0.25, -0.2) is 9.97 Å². The van der Waals surface area contributed by atoms with Gasteiger partial charge in [0.25, 0.3) is 5.91 Å². The molecule has 1 aromatic carbocycles. The third-order valence-electron chi connectivity index (χ3n) is 5.82. The first-order chi connectivity index (χ1) is 15.9. The van der Waals surface area contributed by atoms with E-state index in [-0.39, 0.29) is 11.8 Å². The Bertz CT molecular complexity index is 1130. The maximum Gasteiger partial charge on any atom is 0.272 e. The number of carbonyl (C=O) groups is 2. The van der Waals surface area contributed by atoms with Gasteiger partial charge < -0.3 is 16.0 Å². The number of nitrogens with one attached hydrogen (secondary N) is 1. The predicted molar refractivity (Wildman–Crippen MR) is 126 cm³/mol. The van der Waals surface area contributed by atoms with Crippen LogP contribution in [0.15, 0.2) is 48.7 Å². The van der Waals surface area contributed by atoms with Gasteiger partial charge in [0.2, 0.25) is 5.91 Å². The zero-order valence-corrected chi connectivity index (χ0v) is 18.9. The molecule has 1 aliphatic rings. The number of hydrogen-bond donors (Lipinski definition) is 2. The van der Waals surface area contributed by atoms with Gasteiger partial charge in [-0.2, -0.15) is 0 Å². The standard InChI is InChI=1S/C24H29N7O2/c1-16(2)21(22(25)32)29-23-17-7-3-4-8-18(17)27-20(28-23)15-30-11-13-31(14-12-30)24(33)19-9-5-6-10-26-19/h3-10,16,21H,11-15H2,1-2H3,(H2,25,32)(H,27,28,29)/t21-/m0/s1. The Morgan fingerprint density at radius 2 is 1.76 bits per heavy atom. The van der Waals surface area contributed by atoms with Gasteiger partial charge in [0.05, 0.1) is 12.1 Å². The van der Waals surface area contributed by atoms with Crippen LogP contribution in [-0.4, -0.2) is 68.8 Å². The van der Waals surface area contributed by atoms with E-state index in [1.54, 1.807) is 18.3 Å². The molecule has 3 heterocycles. The van der Waals surface area contributed by atoms with Crippen molar-refractivity contribution in [2.24, 2.45) is 11.7 Å². The Morgan fingerprint density at radius 3 is 2.42 bits per heavy atom. The van der Waals surface area contributed by atoms with Gasteiger partial charge in [-0.3, -0.25) is 19.5 Å². The predicted octanol–water partition coefficient (Wildman–Crippen LogP) is 1.90. The van der Waals surface area contributed by atoms with Gasteiger partial charge in [-0.05, 0) is 30.2 Å². The molecule has 33 heavy (non-hydrogen) atoms. The number of fused-ring (bicyclic) bond motifs is 1. The lowest BCUT2D eigenvalue weighted by Gasteiger charge is -2.34. The van der Waals surface area contributed by atoms with Gasteiger partial charge in [-0.1, -0.05) is 32.0 Å². The molecule has 0 bridgehead atoms. The molecular formula is C24H29N7O2. The fourth-order valence-corrected chi connectivity index (χ4v) is 3.98. The molecule has 1 atom stereocenters. The van der Waals surface area contributed by atoms with Crippen LogP contribution in [0.4, 0.5) is 5.82 Å². The lowest BCUT2D eigenvalue weighted by molar-refractivity contribution is -0.119. The van der Waals surface area contributed by atoms with Crippen molar-refractivity contribution < 1.29 is 9.59 Å². The number of amides is 2. The molecule has 0 radical (unpaired) electrons. The van der Waals surface area contributed by atoms with Crippen molar-refractivity contribution in [1.29, 1.82) is 0 Å². The molecule has 2 amide bonds. The highest BCUT2D eigenvalue weighted by Crippen LogP contribution is 2.23. The second kappa shape index (κ2) is 9.91. The summed E-state index contributed by atoms with van der Waals surface area (Å²) in [4.78, 5) is 42.3. The number of nitrogens with zero attached hydrogens (tertiary/aromatic N) is 5. The normalized spacial score (nSPS) is 15.5. The van der Waals surface area contributed by atoms with E-state index in [4.69, 9.17) is 15.7 Å². The summed E-state index contributed by atoms with van der Waals surface area (Å²) < 4.78 is 0. The van der Waals surface area contributed by atoms with Gasteiger partial charge in [0.1, 0.15) is 23.4 Å². The van der Waals surface area contributed by atoms with Crippen molar-refractivity contribution in [3.05, 3.63) is 60.2 Å². The SMILES string of the molecule is CC(C)[C@H](Nc1nc(CN2CCN(C(=O)c3ccccn3)CC2)nc2ccccc12)C(N)=O. The third-order valence-corrected chi connectivity index (χ3v) is 5.82. The molecule has 2 aromatic heterocycles. The van der Waals surface area contributed by atoms with E-state index in [1.807, 2.05) is 49.1 Å². The summed E-state index contributed by atoms with van der Waals surface area (Å²) in [6, 6.07) is 12.5. The number of rotatable bonds is 7. The quantitative estimate of drug-likeness (QED) is 0.568. The Hall–Kier alpha value is -3.59. The molecule has 1 saturated heterocycles. The van der Waals surface area contributed by atoms with Gasteiger partial charge >= 0.3 is 0 Å². The fourth-order valence-electron chi connectivity index (χ4n) is 3.98. The third kappa shape index (κ3) is 5.25. The first-order valence-electron chi connectivity index (χ1n) is 11.2. The van der Waals surface area contributed by atoms with E-state index >= 15 is 0 Å². The van der Waals surface area contributed by atoms with Crippen LogP contribution in [0.1, 0.15) is 30.2 Å². The van der Waals surface area contributed by atoms with Crippen molar-refractivity contribution in [3.8, 4) is 0 Å². The van der Waals surface area contributed by atoms with Crippen molar-refractivity contribution in [3.63, 3.8) is 0 Å². The van der Waals surface area contributed by atoms with Crippen molar-refractivity contribution in [1.82, 2.24) is 24.8 Å². The number of carbonyl (C=O) groups excluding carboxylic acids is 2. The van der Waals surface area contributed by atoms with E-state index in [0.29, 0.717) is 50.1 Å². The summed E-state index contributed by atoms with van der Waals surface area (Å²) in [7, 11) is 0. The lowest BCUT2D eigenvalue weighted by atomic mass is 10.0. The highest BCUT2D eigenvalue weighted by molar-refractivity contribution is 5.92. The molecule has 1 fully saturated rings. The molecule has 172 valence electrons. The summed E-state index contributed by atoms with van der Waals surface area (Å²) in [6.45, 7) is 7.10. The van der Waals surface area contributed by atoms with Gasteiger partial charge in [-0.15, -0.1) is 0 Å². The second-order valence-corrected chi connectivity index (χ2v) is 8.56. The minimum atomic E-state index is -0.530. The maximum atomic E-state index is 12.6. The molecular weight excluding hydrogens is 418 g/mol. The minimum absolute atomic E-state index is 0.0180. The molecule has 0 saturated carbocycles. The molecule has 0 aliphatic carbocycles. The van der Waals surface area contributed by atoms with Crippen LogP contribution in [-0.2, 0) is 11.3 Å². The number of benzene rings is 1. The summed E-state index contributed by atoms with van der Waals surface area (Å²) in [5, 5.41) is 4.08. The Morgan fingerprint density at radius 1 is 1.03 bits per heavy atom. The number of aromatic nitrogens is 3. The zero-order chi connectivity index (χ0) is 23.4. The molecule has 4 rings (SSSR count). The molecule has 9 heteroatoms. The monoisotopic (exact) mass is 447 g/mol. The average Bonchev–Trinajstić information content (AvgIpc) is 2.82. The van der Waals surface area contributed by atoms with Crippen LogP contribution in [0.3, 0.4) is 0 Å². The van der Waals surface area contributed by atoms with E-state index in [2.05, 4.69) is 15.2 Å². The van der Waals surface area contributed by atoms with Crippen molar-refractivity contribution in [2.75, 3.05) is 31.5 Å². The van der Waals surface area contributed by atoms with E-state index in [0.717, 1.165) is 10.9 Å². The highest BCUT2D eigenvalue weighted by atomic mass is 16.2. The molecule has 3 N–H and O–H groups in total. The smallest absolute Gasteiger partial charge is 0.272 e. The van der Waals surface area contributed by atoms with E-state index < -0.39 is 11.9 Å². The van der Waals surface area contributed by atoms with Crippen LogP contribution in [0.5, 0.6) is 0 Å². The summed E-state index contributed by atoms with van der Waals surface area (Å²) in [5.74, 6) is 0.826. The average molecular weight is 448 g/mol.